The Morgan fingerprint density at radius 3 is 2.88 bits per heavy atom. The molecule has 26 heavy (non-hydrogen) atoms. The number of aromatic nitrogens is 2. The average Bonchev–Trinajstić information content (AvgIpc) is 3.10. The first kappa shape index (κ1) is 18.6. The average molecular weight is 389 g/mol. The minimum atomic E-state index is 0.234. The Morgan fingerprint density at radius 1 is 1.35 bits per heavy atom. The molecule has 1 aliphatic rings. The monoisotopic (exact) mass is 388 g/mol. The summed E-state index contributed by atoms with van der Waals surface area (Å²) >= 11 is 7.69. The van der Waals surface area contributed by atoms with Crippen molar-refractivity contribution in [3.63, 3.8) is 0 Å². The number of hydrogen-bond acceptors (Lipinski definition) is 8. The zero-order valence-corrected chi connectivity index (χ0v) is 15.8. The van der Waals surface area contributed by atoms with E-state index in [0.29, 0.717) is 43.3 Å². The van der Waals surface area contributed by atoms with Gasteiger partial charge in [0.05, 0.1) is 18.7 Å². The van der Waals surface area contributed by atoms with Crippen molar-refractivity contribution in [1.82, 2.24) is 14.9 Å². The largest absolute Gasteiger partial charge is 0.383 e. The molecule has 134 valence electrons. The third-order valence-corrected chi connectivity index (χ3v) is 5.27. The standard InChI is InChI=1S/C17H17ClN6OS/c1-25-5-3-21-17-14-8-24(9-15-22-11(6-19)10-26-15)4-2-12(14)13(7-20)16(18)23-17/h10H,2-5,8-9H2,1H3,(H,21,23). The highest BCUT2D eigenvalue weighted by Crippen LogP contribution is 2.32. The van der Waals surface area contributed by atoms with Crippen LogP contribution in [0.3, 0.4) is 0 Å². The second kappa shape index (κ2) is 8.43. The Morgan fingerprint density at radius 2 is 2.19 bits per heavy atom. The van der Waals surface area contributed by atoms with Gasteiger partial charge in [0, 0.05) is 37.7 Å². The van der Waals surface area contributed by atoms with Crippen molar-refractivity contribution in [2.24, 2.45) is 0 Å². The van der Waals surface area contributed by atoms with Crippen LogP contribution in [0.25, 0.3) is 0 Å². The molecule has 3 heterocycles. The number of hydrogen-bond donors (Lipinski definition) is 1. The number of nitrogens with one attached hydrogen (secondary N) is 1. The lowest BCUT2D eigenvalue weighted by Gasteiger charge is -2.30. The fourth-order valence-electron chi connectivity index (χ4n) is 2.95. The molecule has 9 heteroatoms. The number of pyridine rings is 1. The number of rotatable bonds is 6. The van der Waals surface area contributed by atoms with Gasteiger partial charge in [-0.05, 0) is 12.0 Å². The van der Waals surface area contributed by atoms with Crippen LogP contribution in [0.4, 0.5) is 5.82 Å². The number of anilines is 1. The molecule has 3 rings (SSSR count). The lowest BCUT2D eigenvalue weighted by Crippen LogP contribution is -2.32. The number of fused-ring (bicyclic) bond motifs is 1. The van der Waals surface area contributed by atoms with Gasteiger partial charge >= 0.3 is 0 Å². The lowest BCUT2D eigenvalue weighted by atomic mass is 9.96. The molecule has 0 spiro atoms. The van der Waals surface area contributed by atoms with E-state index >= 15 is 0 Å². The highest BCUT2D eigenvalue weighted by Gasteiger charge is 2.25. The summed E-state index contributed by atoms with van der Waals surface area (Å²) in [6, 6.07) is 4.24. The number of ether oxygens (including phenoxy) is 1. The van der Waals surface area contributed by atoms with Gasteiger partial charge in [0.1, 0.15) is 28.1 Å². The molecule has 0 fully saturated rings. The molecule has 0 saturated carbocycles. The number of nitrogens with zero attached hydrogens (tertiary/aromatic N) is 5. The van der Waals surface area contributed by atoms with Gasteiger partial charge in [0.2, 0.25) is 0 Å². The van der Waals surface area contributed by atoms with Crippen LogP contribution in [0.1, 0.15) is 27.4 Å². The fourth-order valence-corrected chi connectivity index (χ4v) is 3.95. The molecule has 0 radical (unpaired) electrons. The van der Waals surface area contributed by atoms with E-state index in [-0.39, 0.29) is 5.15 Å². The molecular weight excluding hydrogens is 372 g/mol. The maximum Gasteiger partial charge on any atom is 0.151 e. The first-order valence-electron chi connectivity index (χ1n) is 8.07. The first-order chi connectivity index (χ1) is 12.7. The molecule has 0 atom stereocenters. The van der Waals surface area contributed by atoms with Crippen molar-refractivity contribution in [1.29, 1.82) is 10.5 Å². The van der Waals surface area contributed by atoms with E-state index in [2.05, 4.69) is 32.3 Å². The number of halogens is 1. The Hall–Kier alpha value is -2.23. The van der Waals surface area contributed by atoms with Crippen molar-refractivity contribution in [3.05, 3.63) is 37.9 Å². The van der Waals surface area contributed by atoms with Gasteiger partial charge in [-0.1, -0.05) is 11.6 Å². The summed E-state index contributed by atoms with van der Waals surface area (Å²) in [6.45, 7) is 3.25. The summed E-state index contributed by atoms with van der Waals surface area (Å²) in [5.74, 6) is 0.697. The van der Waals surface area contributed by atoms with E-state index in [1.165, 1.54) is 11.3 Å². The summed E-state index contributed by atoms with van der Waals surface area (Å²) in [6.07, 6.45) is 0.718. The van der Waals surface area contributed by atoms with E-state index in [9.17, 15) is 5.26 Å². The van der Waals surface area contributed by atoms with Gasteiger partial charge in [-0.25, -0.2) is 9.97 Å². The first-order valence-corrected chi connectivity index (χ1v) is 9.33. The van der Waals surface area contributed by atoms with Crippen LogP contribution < -0.4 is 5.32 Å². The maximum atomic E-state index is 9.44. The van der Waals surface area contributed by atoms with Crippen LogP contribution >= 0.6 is 22.9 Å². The second-order valence-electron chi connectivity index (χ2n) is 5.81. The van der Waals surface area contributed by atoms with E-state index in [1.54, 1.807) is 12.5 Å². The molecule has 0 aromatic carbocycles. The fraction of sp³-hybridized carbons (Fsp3) is 0.412. The van der Waals surface area contributed by atoms with Crippen LogP contribution in [-0.2, 0) is 24.2 Å². The number of nitriles is 2. The highest BCUT2D eigenvalue weighted by molar-refractivity contribution is 7.09. The summed E-state index contributed by atoms with van der Waals surface area (Å²) in [5, 5.41) is 24.5. The Labute approximate surface area is 160 Å². The van der Waals surface area contributed by atoms with Crippen LogP contribution in [0, 0.1) is 22.7 Å². The highest BCUT2D eigenvalue weighted by atomic mass is 35.5. The molecule has 0 amide bonds. The molecule has 1 aliphatic heterocycles. The summed E-state index contributed by atoms with van der Waals surface area (Å²) < 4.78 is 5.08. The molecule has 2 aromatic heterocycles. The molecular formula is C17H17ClN6OS. The van der Waals surface area contributed by atoms with Gasteiger partial charge in [-0.15, -0.1) is 11.3 Å². The predicted octanol–water partition coefficient (Wildman–Crippen LogP) is 2.55. The summed E-state index contributed by atoms with van der Waals surface area (Å²) in [7, 11) is 1.64. The molecule has 0 saturated heterocycles. The van der Waals surface area contributed by atoms with Gasteiger partial charge in [0.25, 0.3) is 0 Å². The van der Waals surface area contributed by atoms with E-state index in [0.717, 1.165) is 29.1 Å². The third-order valence-electron chi connectivity index (χ3n) is 4.16. The lowest BCUT2D eigenvalue weighted by molar-refractivity contribution is 0.210. The van der Waals surface area contributed by atoms with Gasteiger partial charge in [-0.3, -0.25) is 4.90 Å². The Kier molecular flexibility index (Phi) is 6.02. The Bertz CT molecular complexity index is 885. The molecule has 1 N–H and O–H groups in total. The van der Waals surface area contributed by atoms with Crippen molar-refractivity contribution in [2.45, 2.75) is 19.5 Å². The van der Waals surface area contributed by atoms with Gasteiger partial charge in [0.15, 0.2) is 5.69 Å². The summed E-state index contributed by atoms with van der Waals surface area (Å²) in [4.78, 5) is 10.9. The van der Waals surface area contributed by atoms with E-state index in [1.807, 2.05) is 0 Å². The third kappa shape index (κ3) is 3.95. The van der Waals surface area contributed by atoms with Crippen molar-refractivity contribution in [3.8, 4) is 12.1 Å². The molecule has 0 unspecified atom stereocenters. The topological polar surface area (TPSA) is 97.9 Å². The SMILES string of the molecule is COCCNc1nc(Cl)c(C#N)c2c1CN(Cc1nc(C#N)cs1)CC2. The molecule has 0 bridgehead atoms. The van der Waals surface area contributed by atoms with E-state index < -0.39 is 0 Å². The van der Waals surface area contributed by atoms with Gasteiger partial charge in [-0.2, -0.15) is 10.5 Å². The second-order valence-corrected chi connectivity index (χ2v) is 7.11. The van der Waals surface area contributed by atoms with Crippen molar-refractivity contribution >= 4 is 28.8 Å². The number of thiazole rings is 1. The van der Waals surface area contributed by atoms with Crippen LogP contribution in [-0.4, -0.2) is 41.7 Å². The quantitative estimate of drug-likeness (QED) is 0.599. The zero-order chi connectivity index (χ0) is 18.5. The minimum Gasteiger partial charge on any atom is -0.383 e. The maximum absolute atomic E-state index is 9.44. The van der Waals surface area contributed by atoms with Gasteiger partial charge < -0.3 is 10.1 Å². The smallest absolute Gasteiger partial charge is 0.151 e. The summed E-state index contributed by atoms with van der Waals surface area (Å²) in [5.41, 5.74) is 2.86. The Balaban J connectivity index is 1.85. The van der Waals surface area contributed by atoms with Crippen molar-refractivity contribution in [2.75, 3.05) is 32.1 Å². The normalized spacial score (nSPS) is 13.7. The number of methoxy groups -OCH3 is 1. The molecule has 0 aliphatic carbocycles. The van der Waals surface area contributed by atoms with Crippen LogP contribution in [0.5, 0.6) is 0 Å². The zero-order valence-electron chi connectivity index (χ0n) is 14.3. The van der Waals surface area contributed by atoms with Crippen molar-refractivity contribution < 1.29 is 4.74 Å². The predicted molar refractivity (Wildman–Crippen MR) is 99.0 cm³/mol. The van der Waals surface area contributed by atoms with Crippen LogP contribution in [0.2, 0.25) is 5.15 Å². The minimum absolute atomic E-state index is 0.234. The van der Waals surface area contributed by atoms with Crippen LogP contribution in [0.15, 0.2) is 5.38 Å². The molecule has 2 aromatic rings. The molecule has 7 nitrogen and oxygen atoms in total. The van der Waals surface area contributed by atoms with E-state index in [4.69, 9.17) is 21.6 Å².